The number of benzene rings is 2. The van der Waals surface area contributed by atoms with Crippen molar-refractivity contribution in [1.82, 2.24) is 20.2 Å². The van der Waals surface area contributed by atoms with Gasteiger partial charge in [0.2, 0.25) is 5.82 Å². The van der Waals surface area contributed by atoms with Crippen LogP contribution in [0.3, 0.4) is 0 Å². The van der Waals surface area contributed by atoms with Gasteiger partial charge >= 0.3 is 5.63 Å². The molecule has 4 rings (SSSR count). The SMILES string of the molecule is Cc1cc2oc(=O)cc(Cn3nnc(-c4cccc(Cl)c4)n3)c2cc1Cl. The first-order chi connectivity index (χ1) is 12.5. The van der Waals surface area contributed by atoms with Crippen LogP contribution >= 0.6 is 23.2 Å². The van der Waals surface area contributed by atoms with E-state index < -0.39 is 5.63 Å². The summed E-state index contributed by atoms with van der Waals surface area (Å²) in [4.78, 5) is 13.3. The minimum Gasteiger partial charge on any atom is -0.423 e. The second-order valence-corrected chi connectivity index (χ2v) is 6.69. The number of hydrogen-bond acceptors (Lipinski definition) is 5. The summed E-state index contributed by atoms with van der Waals surface area (Å²) < 4.78 is 5.27. The lowest BCUT2D eigenvalue weighted by Gasteiger charge is -2.06. The number of aryl methyl sites for hydroxylation is 1. The molecule has 0 atom stereocenters. The van der Waals surface area contributed by atoms with Gasteiger partial charge in [-0.2, -0.15) is 4.80 Å². The van der Waals surface area contributed by atoms with Gasteiger partial charge in [0.1, 0.15) is 5.58 Å². The van der Waals surface area contributed by atoms with Crippen LogP contribution in [-0.2, 0) is 6.54 Å². The zero-order chi connectivity index (χ0) is 18.3. The van der Waals surface area contributed by atoms with Gasteiger partial charge in [0, 0.05) is 27.1 Å². The molecule has 26 heavy (non-hydrogen) atoms. The third-order valence-electron chi connectivity index (χ3n) is 3.96. The molecule has 130 valence electrons. The Hall–Kier alpha value is -2.70. The highest BCUT2D eigenvalue weighted by molar-refractivity contribution is 6.32. The standard InChI is InChI=1S/C18H12Cl2N4O2/c1-10-5-16-14(8-15(10)20)12(7-17(25)26-16)9-24-22-18(21-23-24)11-3-2-4-13(19)6-11/h2-8H,9H2,1H3. The van der Waals surface area contributed by atoms with Crippen LogP contribution in [0.15, 0.2) is 51.7 Å². The molecule has 0 fully saturated rings. The summed E-state index contributed by atoms with van der Waals surface area (Å²) >= 11 is 12.2. The Bertz CT molecular complexity index is 1180. The van der Waals surface area contributed by atoms with Gasteiger partial charge in [0.25, 0.3) is 0 Å². The fraction of sp³-hybridized carbons (Fsp3) is 0.111. The zero-order valence-electron chi connectivity index (χ0n) is 13.6. The molecule has 4 aromatic rings. The number of nitrogens with zero attached hydrogens (tertiary/aromatic N) is 4. The lowest BCUT2D eigenvalue weighted by atomic mass is 10.1. The minimum absolute atomic E-state index is 0.259. The number of hydrogen-bond donors (Lipinski definition) is 0. The molecule has 2 heterocycles. The molecule has 6 nitrogen and oxygen atoms in total. The summed E-state index contributed by atoms with van der Waals surface area (Å²) in [6.07, 6.45) is 0. The van der Waals surface area contributed by atoms with Crippen molar-refractivity contribution in [3.05, 3.63) is 74.1 Å². The second kappa shape index (κ2) is 6.55. The molecule has 0 spiro atoms. The molecule has 0 radical (unpaired) electrons. The van der Waals surface area contributed by atoms with Gasteiger partial charge in [0.15, 0.2) is 0 Å². The first-order valence-corrected chi connectivity index (χ1v) is 8.52. The van der Waals surface area contributed by atoms with Crippen LogP contribution in [0.1, 0.15) is 11.1 Å². The summed E-state index contributed by atoms with van der Waals surface area (Å²) in [6, 6.07) is 12.1. The lowest BCUT2D eigenvalue weighted by molar-refractivity contribution is 0.545. The Kier molecular flexibility index (Phi) is 4.22. The van der Waals surface area contributed by atoms with E-state index in [-0.39, 0.29) is 6.54 Å². The van der Waals surface area contributed by atoms with Crippen LogP contribution in [0.5, 0.6) is 0 Å². The van der Waals surface area contributed by atoms with Crippen molar-refractivity contribution < 1.29 is 4.42 Å². The molecule has 0 aliphatic carbocycles. The van der Waals surface area contributed by atoms with E-state index >= 15 is 0 Å². The van der Waals surface area contributed by atoms with Gasteiger partial charge in [0.05, 0.1) is 6.54 Å². The minimum atomic E-state index is -0.440. The number of rotatable bonds is 3. The number of tetrazole rings is 1. The Balaban J connectivity index is 1.74. The van der Waals surface area contributed by atoms with Gasteiger partial charge in [-0.05, 0) is 47.5 Å². The normalized spacial score (nSPS) is 11.2. The summed E-state index contributed by atoms with van der Waals surface area (Å²) in [5, 5.41) is 14.4. The quantitative estimate of drug-likeness (QED) is 0.495. The van der Waals surface area contributed by atoms with Crippen LogP contribution in [0.25, 0.3) is 22.4 Å². The molecule has 0 unspecified atom stereocenters. The molecule has 0 N–H and O–H groups in total. The van der Waals surface area contributed by atoms with Crippen LogP contribution in [0, 0.1) is 6.92 Å². The van der Waals surface area contributed by atoms with E-state index in [0.29, 0.717) is 27.0 Å². The lowest BCUT2D eigenvalue weighted by Crippen LogP contribution is -2.08. The topological polar surface area (TPSA) is 73.8 Å². The van der Waals surface area contributed by atoms with E-state index in [2.05, 4.69) is 15.4 Å². The van der Waals surface area contributed by atoms with Crippen LogP contribution < -0.4 is 5.63 Å². The first kappa shape index (κ1) is 16.8. The molecule has 2 aromatic carbocycles. The zero-order valence-corrected chi connectivity index (χ0v) is 15.1. The Morgan fingerprint density at radius 2 is 2.00 bits per heavy atom. The second-order valence-electron chi connectivity index (χ2n) is 5.84. The molecule has 0 bridgehead atoms. The van der Waals surface area contributed by atoms with E-state index in [9.17, 15) is 4.79 Å². The van der Waals surface area contributed by atoms with E-state index in [4.69, 9.17) is 27.6 Å². The Morgan fingerprint density at radius 1 is 1.15 bits per heavy atom. The van der Waals surface area contributed by atoms with Gasteiger partial charge in [-0.1, -0.05) is 35.3 Å². The molecular formula is C18H12Cl2N4O2. The average Bonchev–Trinajstić information content (AvgIpc) is 3.05. The van der Waals surface area contributed by atoms with Crippen molar-refractivity contribution >= 4 is 34.2 Å². The van der Waals surface area contributed by atoms with Crippen molar-refractivity contribution in [2.45, 2.75) is 13.5 Å². The molecule has 0 amide bonds. The van der Waals surface area contributed by atoms with Gasteiger partial charge in [-0.15, -0.1) is 10.2 Å². The van der Waals surface area contributed by atoms with Crippen molar-refractivity contribution in [2.75, 3.05) is 0 Å². The highest BCUT2D eigenvalue weighted by atomic mass is 35.5. The highest BCUT2D eigenvalue weighted by Gasteiger charge is 2.12. The highest BCUT2D eigenvalue weighted by Crippen LogP contribution is 2.25. The third kappa shape index (κ3) is 3.21. The van der Waals surface area contributed by atoms with Gasteiger partial charge < -0.3 is 4.42 Å². The maximum Gasteiger partial charge on any atom is 0.336 e. The number of aromatic nitrogens is 4. The molecule has 2 aromatic heterocycles. The summed E-state index contributed by atoms with van der Waals surface area (Å²) in [5.74, 6) is 0.452. The van der Waals surface area contributed by atoms with Crippen molar-refractivity contribution in [2.24, 2.45) is 0 Å². The first-order valence-electron chi connectivity index (χ1n) is 7.76. The molecule has 0 saturated heterocycles. The predicted octanol–water partition coefficient (Wildman–Crippen LogP) is 4.11. The Morgan fingerprint density at radius 3 is 2.81 bits per heavy atom. The maximum absolute atomic E-state index is 11.9. The predicted molar refractivity (Wildman–Crippen MR) is 99.6 cm³/mol. The van der Waals surface area contributed by atoms with E-state index in [1.165, 1.54) is 10.9 Å². The summed E-state index contributed by atoms with van der Waals surface area (Å²) in [5.41, 5.74) is 2.34. The van der Waals surface area contributed by atoms with Crippen LogP contribution in [-0.4, -0.2) is 20.2 Å². The molecule has 0 saturated carbocycles. The fourth-order valence-electron chi connectivity index (χ4n) is 2.68. The van der Waals surface area contributed by atoms with Gasteiger partial charge in [-0.25, -0.2) is 4.79 Å². The van der Waals surface area contributed by atoms with Crippen LogP contribution in [0.2, 0.25) is 10.0 Å². The largest absolute Gasteiger partial charge is 0.423 e. The molecule has 0 aliphatic heterocycles. The van der Waals surface area contributed by atoms with Crippen molar-refractivity contribution in [1.29, 1.82) is 0 Å². The average molecular weight is 387 g/mol. The third-order valence-corrected chi connectivity index (χ3v) is 4.60. The number of fused-ring (bicyclic) bond motifs is 1. The summed E-state index contributed by atoms with van der Waals surface area (Å²) in [7, 11) is 0. The van der Waals surface area contributed by atoms with E-state index in [0.717, 1.165) is 16.5 Å². The monoisotopic (exact) mass is 386 g/mol. The molecular weight excluding hydrogens is 375 g/mol. The Labute approximate surface area is 158 Å². The summed E-state index contributed by atoms with van der Waals surface area (Å²) in [6.45, 7) is 2.11. The van der Waals surface area contributed by atoms with E-state index in [1.807, 2.05) is 19.1 Å². The van der Waals surface area contributed by atoms with Crippen molar-refractivity contribution in [3.63, 3.8) is 0 Å². The maximum atomic E-state index is 11.9. The number of halogens is 2. The molecule has 0 aliphatic rings. The van der Waals surface area contributed by atoms with Crippen LogP contribution in [0.4, 0.5) is 0 Å². The smallest absolute Gasteiger partial charge is 0.336 e. The molecule has 8 heteroatoms. The van der Waals surface area contributed by atoms with E-state index in [1.54, 1.807) is 24.3 Å². The van der Waals surface area contributed by atoms with Gasteiger partial charge in [-0.3, -0.25) is 0 Å². The fourth-order valence-corrected chi connectivity index (χ4v) is 3.04. The van der Waals surface area contributed by atoms with Crippen molar-refractivity contribution in [3.8, 4) is 11.4 Å².